The number of carboxylic acids is 1. The van der Waals surface area contributed by atoms with Crippen LogP contribution in [0.4, 0.5) is 0 Å². The van der Waals surface area contributed by atoms with Gasteiger partial charge in [0.2, 0.25) is 5.88 Å². The topological polar surface area (TPSA) is 59.4 Å². The molecule has 1 aromatic heterocycles. The summed E-state index contributed by atoms with van der Waals surface area (Å²) < 4.78 is 5.25. The lowest BCUT2D eigenvalue weighted by Gasteiger charge is -2.07. The van der Waals surface area contributed by atoms with Gasteiger partial charge in [0.05, 0.1) is 6.61 Å². The van der Waals surface area contributed by atoms with Gasteiger partial charge in [-0.25, -0.2) is 9.78 Å². The molecule has 86 valence electrons. The number of pyridine rings is 1. The van der Waals surface area contributed by atoms with Crippen LogP contribution >= 0.6 is 11.6 Å². The molecule has 4 nitrogen and oxygen atoms in total. The molecule has 0 bridgehead atoms. The predicted molar refractivity (Wildman–Crippen MR) is 61.1 cm³/mol. The minimum absolute atomic E-state index is 0.00566. The molecule has 0 saturated carbocycles. The van der Waals surface area contributed by atoms with Crippen molar-refractivity contribution in [1.29, 1.82) is 0 Å². The maximum Gasteiger partial charge on any atom is 0.341 e. The van der Waals surface area contributed by atoms with E-state index in [1.165, 1.54) is 12.1 Å². The van der Waals surface area contributed by atoms with E-state index in [4.69, 9.17) is 21.4 Å². The molecule has 0 saturated heterocycles. The number of hydrogen-bond donors (Lipinski definition) is 1. The standard InChI is InChI=1S/C11H12ClNO3/c1-7(2)5-6-16-10-8(11(14)15)3-4-9(12)13-10/h3-4H,1,5-6H2,2H3,(H,14,15). The average Bonchev–Trinajstić information content (AvgIpc) is 2.16. The molecule has 0 spiro atoms. The smallest absolute Gasteiger partial charge is 0.341 e. The van der Waals surface area contributed by atoms with Gasteiger partial charge in [0.1, 0.15) is 10.7 Å². The second-order valence-electron chi connectivity index (χ2n) is 3.35. The highest BCUT2D eigenvalue weighted by Gasteiger charge is 2.13. The number of hydrogen-bond acceptors (Lipinski definition) is 3. The van der Waals surface area contributed by atoms with Gasteiger partial charge < -0.3 is 9.84 Å². The quantitative estimate of drug-likeness (QED) is 0.636. The van der Waals surface area contributed by atoms with E-state index >= 15 is 0 Å². The van der Waals surface area contributed by atoms with E-state index in [1.54, 1.807) is 0 Å². The minimum atomic E-state index is -1.09. The van der Waals surface area contributed by atoms with Gasteiger partial charge in [-0.1, -0.05) is 17.2 Å². The van der Waals surface area contributed by atoms with E-state index in [2.05, 4.69) is 11.6 Å². The van der Waals surface area contributed by atoms with Gasteiger partial charge in [-0.05, 0) is 19.1 Å². The fourth-order valence-corrected chi connectivity index (χ4v) is 1.15. The molecule has 16 heavy (non-hydrogen) atoms. The molecule has 1 rings (SSSR count). The van der Waals surface area contributed by atoms with Gasteiger partial charge in [0, 0.05) is 6.42 Å². The maximum absolute atomic E-state index is 10.8. The van der Waals surface area contributed by atoms with Crippen LogP contribution in [0, 0.1) is 0 Å². The first-order chi connectivity index (χ1) is 7.50. The van der Waals surface area contributed by atoms with Gasteiger partial charge in [0.25, 0.3) is 0 Å². The zero-order valence-electron chi connectivity index (χ0n) is 8.86. The Kier molecular flexibility index (Phi) is 4.31. The Labute approximate surface area is 98.5 Å². The predicted octanol–water partition coefficient (Wildman–Crippen LogP) is 2.78. The second kappa shape index (κ2) is 5.51. The van der Waals surface area contributed by atoms with E-state index < -0.39 is 5.97 Å². The first-order valence-electron chi connectivity index (χ1n) is 4.67. The van der Waals surface area contributed by atoms with Crippen molar-refractivity contribution in [3.63, 3.8) is 0 Å². The van der Waals surface area contributed by atoms with Crippen LogP contribution in [0.1, 0.15) is 23.7 Å². The molecule has 1 heterocycles. The molecule has 1 aromatic rings. The SMILES string of the molecule is C=C(C)CCOc1nc(Cl)ccc1C(=O)O. The normalized spacial score (nSPS) is 9.88. The first kappa shape index (κ1) is 12.5. The van der Waals surface area contributed by atoms with Gasteiger partial charge in [0.15, 0.2) is 0 Å². The highest BCUT2D eigenvalue weighted by atomic mass is 35.5. The molecule has 5 heteroatoms. The lowest BCUT2D eigenvalue weighted by molar-refractivity contribution is 0.0691. The Morgan fingerprint density at radius 1 is 1.62 bits per heavy atom. The number of rotatable bonds is 5. The summed E-state index contributed by atoms with van der Waals surface area (Å²) in [5.74, 6) is -1.05. The summed E-state index contributed by atoms with van der Waals surface area (Å²) in [5, 5.41) is 9.09. The number of aromatic carboxylic acids is 1. The highest BCUT2D eigenvalue weighted by molar-refractivity contribution is 6.29. The maximum atomic E-state index is 10.8. The Hall–Kier alpha value is -1.55. The van der Waals surface area contributed by atoms with Crippen LogP contribution in [0.15, 0.2) is 24.3 Å². The number of halogens is 1. The largest absolute Gasteiger partial charge is 0.477 e. The van der Waals surface area contributed by atoms with Gasteiger partial charge in [-0.2, -0.15) is 0 Å². The van der Waals surface area contributed by atoms with Crippen LogP contribution in [0.5, 0.6) is 5.88 Å². The van der Waals surface area contributed by atoms with Gasteiger partial charge >= 0.3 is 5.97 Å². The highest BCUT2D eigenvalue weighted by Crippen LogP contribution is 2.19. The molecule has 0 radical (unpaired) electrons. The molecular weight excluding hydrogens is 230 g/mol. The lowest BCUT2D eigenvalue weighted by Crippen LogP contribution is -2.06. The summed E-state index contributed by atoms with van der Waals surface area (Å²) >= 11 is 5.66. The number of aromatic nitrogens is 1. The van der Waals surface area contributed by atoms with Crippen molar-refractivity contribution in [2.24, 2.45) is 0 Å². The van der Waals surface area contributed by atoms with E-state index in [0.717, 1.165) is 5.57 Å². The third-order valence-corrected chi connectivity index (χ3v) is 2.03. The van der Waals surface area contributed by atoms with Crippen molar-refractivity contribution in [3.8, 4) is 5.88 Å². The molecule has 0 aromatic carbocycles. The molecule has 0 aliphatic rings. The first-order valence-corrected chi connectivity index (χ1v) is 5.05. The Morgan fingerprint density at radius 3 is 2.88 bits per heavy atom. The van der Waals surface area contributed by atoms with Crippen LogP contribution in [0.2, 0.25) is 5.15 Å². The average molecular weight is 242 g/mol. The molecular formula is C11H12ClNO3. The number of carbonyl (C=O) groups is 1. The van der Waals surface area contributed by atoms with E-state index in [9.17, 15) is 4.79 Å². The van der Waals surface area contributed by atoms with Crippen molar-refractivity contribution in [3.05, 3.63) is 35.0 Å². The summed E-state index contributed by atoms with van der Waals surface area (Å²) in [5.41, 5.74) is 0.963. The zero-order valence-corrected chi connectivity index (χ0v) is 9.62. The molecule has 0 aliphatic carbocycles. The van der Waals surface area contributed by atoms with Crippen LogP contribution < -0.4 is 4.74 Å². The third kappa shape index (κ3) is 3.55. The van der Waals surface area contributed by atoms with Crippen molar-refractivity contribution in [1.82, 2.24) is 4.98 Å². The number of carboxylic acid groups (broad SMARTS) is 1. The van der Waals surface area contributed by atoms with Crippen LogP contribution in [0.3, 0.4) is 0 Å². The van der Waals surface area contributed by atoms with Crippen molar-refractivity contribution in [2.45, 2.75) is 13.3 Å². The third-order valence-electron chi connectivity index (χ3n) is 1.82. The minimum Gasteiger partial charge on any atom is -0.477 e. The van der Waals surface area contributed by atoms with Gasteiger partial charge in [-0.15, -0.1) is 6.58 Å². The zero-order chi connectivity index (χ0) is 12.1. The van der Waals surface area contributed by atoms with E-state index in [-0.39, 0.29) is 16.6 Å². The Bertz CT molecular complexity index is 418. The molecule has 0 fully saturated rings. The van der Waals surface area contributed by atoms with Crippen molar-refractivity contribution >= 4 is 17.6 Å². The van der Waals surface area contributed by atoms with E-state index in [0.29, 0.717) is 13.0 Å². The number of nitrogens with zero attached hydrogens (tertiary/aromatic N) is 1. The van der Waals surface area contributed by atoms with Crippen molar-refractivity contribution in [2.75, 3.05) is 6.61 Å². The monoisotopic (exact) mass is 241 g/mol. The molecule has 0 unspecified atom stereocenters. The number of ether oxygens (including phenoxy) is 1. The Balaban J connectivity index is 2.80. The fraction of sp³-hybridized carbons (Fsp3) is 0.273. The van der Waals surface area contributed by atoms with E-state index in [1.807, 2.05) is 6.92 Å². The Morgan fingerprint density at radius 2 is 2.31 bits per heavy atom. The van der Waals surface area contributed by atoms with Crippen LogP contribution in [-0.4, -0.2) is 22.7 Å². The summed E-state index contributed by atoms with van der Waals surface area (Å²) in [6, 6.07) is 2.78. The fourth-order valence-electron chi connectivity index (χ4n) is 1.01. The van der Waals surface area contributed by atoms with Crippen LogP contribution in [0.25, 0.3) is 0 Å². The summed E-state index contributed by atoms with van der Waals surface area (Å²) in [7, 11) is 0. The lowest BCUT2D eigenvalue weighted by atomic mass is 10.2. The molecule has 0 atom stereocenters. The summed E-state index contributed by atoms with van der Waals surface area (Å²) in [6.07, 6.45) is 0.646. The van der Waals surface area contributed by atoms with Gasteiger partial charge in [-0.3, -0.25) is 0 Å². The van der Waals surface area contributed by atoms with Crippen molar-refractivity contribution < 1.29 is 14.6 Å². The molecule has 0 amide bonds. The summed E-state index contributed by atoms with van der Waals surface area (Å²) in [6.45, 7) is 5.92. The van der Waals surface area contributed by atoms with Crippen LogP contribution in [-0.2, 0) is 0 Å². The molecule has 1 N–H and O–H groups in total. The summed E-state index contributed by atoms with van der Waals surface area (Å²) in [4.78, 5) is 14.7. The molecule has 0 aliphatic heterocycles. The second-order valence-corrected chi connectivity index (χ2v) is 3.73.